The highest BCUT2D eigenvalue weighted by Crippen LogP contribution is 2.68. The number of aliphatic hydroxyl groups excluding tert-OH is 1. The average molecular weight is 282 g/mol. The summed E-state index contributed by atoms with van der Waals surface area (Å²) in [6, 6.07) is -0.212. The fraction of sp³-hybridized carbons (Fsp3) is 0.938. The quantitative estimate of drug-likeness (QED) is 0.827. The fourth-order valence-electron chi connectivity index (χ4n) is 4.01. The Hall–Kier alpha value is -0.610. The molecule has 2 aliphatic rings. The Morgan fingerprint density at radius 3 is 2.35 bits per heavy atom. The van der Waals surface area contributed by atoms with E-state index in [1.54, 1.807) is 0 Å². The molecule has 20 heavy (non-hydrogen) atoms. The van der Waals surface area contributed by atoms with Crippen molar-refractivity contribution >= 4 is 5.91 Å². The second-order valence-electron chi connectivity index (χ2n) is 8.44. The van der Waals surface area contributed by atoms with Crippen LogP contribution in [-0.4, -0.2) is 48.2 Å². The van der Waals surface area contributed by atoms with Crippen molar-refractivity contribution in [3.8, 4) is 0 Å². The third-order valence-electron chi connectivity index (χ3n) is 5.53. The van der Waals surface area contributed by atoms with Crippen molar-refractivity contribution < 1.29 is 9.90 Å². The van der Waals surface area contributed by atoms with Gasteiger partial charge in [0.15, 0.2) is 0 Å². The summed E-state index contributed by atoms with van der Waals surface area (Å²) in [5, 5.41) is 12.8. The monoisotopic (exact) mass is 282 g/mol. The van der Waals surface area contributed by atoms with Gasteiger partial charge in [0.25, 0.3) is 0 Å². The zero-order chi connectivity index (χ0) is 15.3. The van der Waals surface area contributed by atoms with Crippen LogP contribution in [0.5, 0.6) is 0 Å². The highest BCUT2D eigenvalue weighted by molar-refractivity contribution is 5.83. The molecule has 1 aliphatic heterocycles. The number of carbonyl (C=O) groups excluding carboxylic acids is 1. The molecule has 2 N–H and O–H groups in total. The fourth-order valence-corrected chi connectivity index (χ4v) is 4.01. The van der Waals surface area contributed by atoms with Gasteiger partial charge in [-0.1, -0.05) is 34.6 Å². The first-order chi connectivity index (χ1) is 9.08. The van der Waals surface area contributed by atoms with Crippen molar-refractivity contribution in [3.63, 3.8) is 0 Å². The highest BCUT2D eigenvalue weighted by atomic mass is 16.3. The molecular weight excluding hydrogens is 252 g/mol. The van der Waals surface area contributed by atoms with E-state index in [0.717, 1.165) is 13.0 Å². The van der Waals surface area contributed by atoms with Crippen LogP contribution in [0.1, 0.15) is 47.5 Å². The first-order valence-corrected chi connectivity index (χ1v) is 7.67. The van der Waals surface area contributed by atoms with Crippen molar-refractivity contribution in [3.05, 3.63) is 0 Å². The number of aliphatic hydroxyl groups is 1. The lowest BCUT2D eigenvalue weighted by Gasteiger charge is -2.34. The molecule has 1 aliphatic carbocycles. The van der Waals surface area contributed by atoms with Crippen molar-refractivity contribution in [2.24, 2.45) is 16.2 Å². The number of nitrogens with one attached hydrogen (secondary N) is 1. The van der Waals surface area contributed by atoms with Crippen LogP contribution in [-0.2, 0) is 4.79 Å². The number of hydrogen-bond acceptors (Lipinski definition) is 3. The summed E-state index contributed by atoms with van der Waals surface area (Å²) in [5.41, 5.74) is 0.430. The average Bonchev–Trinajstić information content (AvgIpc) is 2.68. The first-order valence-electron chi connectivity index (χ1n) is 7.67. The molecule has 1 amide bonds. The molecule has 2 fully saturated rings. The van der Waals surface area contributed by atoms with Gasteiger partial charge in [-0.15, -0.1) is 0 Å². The zero-order valence-electron chi connectivity index (χ0n) is 13.8. The Kier molecular flexibility index (Phi) is 3.71. The van der Waals surface area contributed by atoms with Gasteiger partial charge in [-0.3, -0.25) is 4.79 Å². The minimum atomic E-state index is -0.200. The van der Waals surface area contributed by atoms with Gasteiger partial charge >= 0.3 is 0 Å². The molecular formula is C16H30N2O2. The van der Waals surface area contributed by atoms with E-state index in [9.17, 15) is 9.90 Å². The number of likely N-dealkylation sites (tertiary alicyclic amines) is 1. The van der Waals surface area contributed by atoms with Gasteiger partial charge in [0.1, 0.15) is 0 Å². The van der Waals surface area contributed by atoms with Crippen LogP contribution < -0.4 is 5.32 Å². The van der Waals surface area contributed by atoms with Crippen molar-refractivity contribution in [1.29, 1.82) is 0 Å². The summed E-state index contributed by atoms with van der Waals surface area (Å²) in [6.07, 6.45) is 2.11. The van der Waals surface area contributed by atoms with E-state index in [1.807, 2.05) is 11.9 Å². The smallest absolute Gasteiger partial charge is 0.240 e. The van der Waals surface area contributed by atoms with E-state index in [-0.39, 0.29) is 35.4 Å². The van der Waals surface area contributed by atoms with Crippen molar-refractivity contribution in [2.75, 3.05) is 20.2 Å². The van der Waals surface area contributed by atoms with Gasteiger partial charge in [0, 0.05) is 6.54 Å². The molecule has 0 bridgehead atoms. The van der Waals surface area contributed by atoms with Crippen LogP contribution in [0.25, 0.3) is 0 Å². The van der Waals surface area contributed by atoms with Crippen LogP contribution in [0.4, 0.5) is 0 Å². The molecule has 1 spiro atoms. The molecule has 3 atom stereocenters. The van der Waals surface area contributed by atoms with Crippen LogP contribution in [0.15, 0.2) is 0 Å². The van der Waals surface area contributed by atoms with Gasteiger partial charge in [-0.25, -0.2) is 0 Å². The van der Waals surface area contributed by atoms with E-state index >= 15 is 0 Å². The van der Waals surface area contributed by atoms with Gasteiger partial charge < -0.3 is 15.3 Å². The Morgan fingerprint density at radius 2 is 2.00 bits per heavy atom. The van der Waals surface area contributed by atoms with Crippen LogP contribution in [0, 0.1) is 16.2 Å². The molecule has 2 rings (SSSR count). The first kappa shape index (κ1) is 15.8. The van der Waals surface area contributed by atoms with E-state index in [4.69, 9.17) is 0 Å². The number of nitrogens with zero attached hydrogens (tertiary/aromatic N) is 1. The predicted octanol–water partition coefficient (Wildman–Crippen LogP) is 1.63. The Balaban J connectivity index is 2.17. The molecule has 0 aromatic carbocycles. The second-order valence-corrected chi connectivity index (χ2v) is 8.44. The third kappa shape index (κ3) is 2.37. The van der Waals surface area contributed by atoms with Gasteiger partial charge in [0.05, 0.1) is 18.7 Å². The molecule has 0 aromatic rings. The number of amides is 1. The molecule has 0 aromatic heterocycles. The predicted molar refractivity (Wildman–Crippen MR) is 80.3 cm³/mol. The molecule has 116 valence electrons. The molecule has 1 heterocycles. The molecule has 1 saturated heterocycles. The van der Waals surface area contributed by atoms with E-state index in [0.29, 0.717) is 5.41 Å². The Morgan fingerprint density at radius 1 is 1.45 bits per heavy atom. The number of hydrogen-bond donors (Lipinski definition) is 2. The van der Waals surface area contributed by atoms with Gasteiger partial charge in [0.2, 0.25) is 5.91 Å². The minimum Gasteiger partial charge on any atom is -0.394 e. The summed E-state index contributed by atoms with van der Waals surface area (Å²) in [6.45, 7) is 11.7. The van der Waals surface area contributed by atoms with Crippen LogP contribution >= 0.6 is 0 Å². The van der Waals surface area contributed by atoms with Crippen molar-refractivity contribution in [1.82, 2.24) is 10.2 Å². The summed E-state index contributed by atoms with van der Waals surface area (Å²) < 4.78 is 0. The maximum atomic E-state index is 12.9. The summed E-state index contributed by atoms with van der Waals surface area (Å²) in [7, 11) is 1.84. The van der Waals surface area contributed by atoms with Crippen molar-refractivity contribution in [2.45, 2.75) is 59.5 Å². The van der Waals surface area contributed by atoms with Gasteiger partial charge in [-0.05, 0) is 36.1 Å². The number of rotatable bonds is 3. The minimum absolute atomic E-state index is 0.0116. The van der Waals surface area contributed by atoms with E-state index in [2.05, 4.69) is 39.9 Å². The largest absolute Gasteiger partial charge is 0.394 e. The SMILES string of the molecule is CN[C@H](C(=O)N1CC2(CC1CO)CC2(C)C)C(C)(C)C. The normalized spacial score (nSPS) is 33.5. The molecule has 4 heteroatoms. The standard InChI is InChI=1S/C16H30N2O2/c1-14(2,3)12(17-6)13(20)18-10-16(7-11(18)8-19)9-15(16,4)5/h11-12,17,19H,7-10H2,1-6H3/t11?,12-,16?/m1/s1. The lowest BCUT2D eigenvalue weighted by molar-refractivity contribution is -0.137. The maximum Gasteiger partial charge on any atom is 0.240 e. The van der Waals surface area contributed by atoms with Gasteiger partial charge in [-0.2, -0.15) is 0 Å². The highest BCUT2D eigenvalue weighted by Gasteiger charge is 2.66. The molecule has 4 nitrogen and oxygen atoms in total. The summed E-state index contributed by atoms with van der Waals surface area (Å²) in [4.78, 5) is 14.8. The topological polar surface area (TPSA) is 52.6 Å². The molecule has 1 saturated carbocycles. The number of likely N-dealkylation sites (N-methyl/N-ethyl adjacent to an activating group) is 1. The second kappa shape index (κ2) is 4.70. The van der Waals surface area contributed by atoms with Crippen LogP contribution in [0.2, 0.25) is 0 Å². The zero-order valence-corrected chi connectivity index (χ0v) is 13.8. The number of carbonyl (C=O) groups is 1. The lowest BCUT2D eigenvalue weighted by atomic mass is 9.86. The molecule has 0 radical (unpaired) electrons. The Bertz CT molecular complexity index is 400. The maximum absolute atomic E-state index is 12.9. The van der Waals surface area contributed by atoms with E-state index < -0.39 is 0 Å². The summed E-state index contributed by atoms with van der Waals surface area (Å²) >= 11 is 0. The van der Waals surface area contributed by atoms with E-state index in [1.165, 1.54) is 6.42 Å². The Labute approximate surface area is 122 Å². The lowest BCUT2D eigenvalue weighted by Crippen LogP contribution is -2.53. The summed E-state index contributed by atoms with van der Waals surface area (Å²) in [5.74, 6) is 0.138. The molecule has 2 unspecified atom stereocenters. The third-order valence-corrected chi connectivity index (χ3v) is 5.53. The van der Waals surface area contributed by atoms with Crippen LogP contribution in [0.3, 0.4) is 0 Å².